The number of rotatable bonds is 6. The van der Waals surface area contributed by atoms with Gasteiger partial charge in [0.15, 0.2) is 0 Å². The molecule has 2 aromatic rings. The molecule has 0 aliphatic rings. The fourth-order valence-corrected chi connectivity index (χ4v) is 2.01. The number of para-hydroxylation sites is 1. The van der Waals surface area contributed by atoms with Crippen LogP contribution in [0.15, 0.2) is 54.6 Å². The molecule has 0 spiro atoms. The van der Waals surface area contributed by atoms with Crippen molar-refractivity contribution in [2.24, 2.45) is 0 Å². The number of hydrogen-bond donors (Lipinski definition) is 1. The molecule has 0 atom stereocenters. The van der Waals surface area contributed by atoms with E-state index in [1.165, 1.54) is 0 Å². The van der Waals surface area contributed by atoms with E-state index in [1.807, 2.05) is 30.3 Å². The van der Waals surface area contributed by atoms with Crippen LogP contribution in [-0.4, -0.2) is 30.9 Å². The average Bonchev–Trinajstić information content (AvgIpc) is 2.58. The second-order valence-corrected chi connectivity index (χ2v) is 6.50. The molecule has 26 heavy (non-hydrogen) atoms. The van der Waals surface area contributed by atoms with Crippen LogP contribution in [-0.2, 0) is 9.47 Å². The Kier molecular flexibility index (Phi) is 6.60. The van der Waals surface area contributed by atoms with Crippen molar-refractivity contribution >= 4 is 17.7 Å². The minimum Gasteiger partial charge on any atom is -0.490 e. The monoisotopic (exact) mass is 357 g/mol. The zero-order valence-corrected chi connectivity index (χ0v) is 15.2. The number of carbonyl (C=O) groups excluding carboxylic acids is 2. The van der Waals surface area contributed by atoms with Crippen molar-refractivity contribution in [1.29, 1.82) is 0 Å². The predicted molar refractivity (Wildman–Crippen MR) is 98.5 cm³/mol. The zero-order valence-electron chi connectivity index (χ0n) is 15.2. The molecule has 0 heterocycles. The van der Waals surface area contributed by atoms with E-state index in [-0.39, 0.29) is 13.2 Å². The molecule has 0 saturated heterocycles. The predicted octanol–water partition coefficient (Wildman–Crippen LogP) is 4.27. The lowest BCUT2D eigenvalue weighted by Gasteiger charge is -2.19. The number of amides is 1. The Morgan fingerprint density at radius 3 is 2.19 bits per heavy atom. The van der Waals surface area contributed by atoms with Gasteiger partial charge in [0.05, 0.1) is 5.56 Å². The molecule has 0 bridgehead atoms. The lowest BCUT2D eigenvalue weighted by molar-refractivity contribution is 0.0450. The molecular formula is C20H23NO5. The third kappa shape index (κ3) is 6.84. The van der Waals surface area contributed by atoms with Crippen LogP contribution in [0, 0.1) is 0 Å². The van der Waals surface area contributed by atoms with E-state index in [9.17, 15) is 9.59 Å². The van der Waals surface area contributed by atoms with E-state index in [1.54, 1.807) is 45.0 Å². The molecule has 0 radical (unpaired) electrons. The van der Waals surface area contributed by atoms with E-state index in [0.717, 1.165) is 5.75 Å². The molecule has 1 amide bonds. The number of carbonyl (C=O) groups is 2. The first-order chi connectivity index (χ1) is 12.3. The Hall–Kier alpha value is -3.02. The number of hydrogen-bond acceptors (Lipinski definition) is 5. The standard InChI is InChI=1S/C20H23NO5/c1-20(2,3)26-19(23)21-16-11-9-15(10-12-16)18(22)25-14-13-24-17-7-5-4-6-8-17/h4-12H,13-14H2,1-3H3,(H,21,23). The summed E-state index contributed by atoms with van der Waals surface area (Å²) in [5, 5.41) is 2.60. The van der Waals surface area contributed by atoms with E-state index in [4.69, 9.17) is 14.2 Å². The van der Waals surface area contributed by atoms with Gasteiger partial charge in [0.25, 0.3) is 0 Å². The van der Waals surface area contributed by atoms with Crippen LogP contribution in [0.4, 0.5) is 10.5 Å². The molecule has 0 aliphatic carbocycles. The Balaban J connectivity index is 1.76. The van der Waals surface area contributed by atoms with Gasteiger partial charge in [-0.25, -0.2) is 9.59 Å². The highest BCUT2D eigenvalue weighted by Gasteiger charge is 2.16. The first-order valence-electron chi connectivity index (χ1n) is 8.28. The van der Waals surface area contributed by atoms with Gasteiger partial charge in [-0.3, -0.25) is 5.32 Å². The van der Waals surface area contributed by atoms with Gasteiger partial charge >= 0.3 is 12.1 Å². The fourth-order valence-electron chi connectivity index (χ4n) is 2.01. The van der Waals surface area contributed by atoms with Crippen molar-refractivity contribution in [3.8, 4) is 5.75 Å². The summed E-state index contributed by atoms with van der Waals surface area (Å²) in [6, 6.07) is 15.7. The second kappa shape index (κ2) is 8.89. The summed E-state index contributed by atoms with van der Waals surface area (Å²) in [7, 11) is 0. The van der Waals surface area contributed by atoms with Crippen LogP contribution in [0.25, 0.3) is 0 Å². The zero-order chi connectivity index (χ0) is 19.0. The first-order valence-corrected chi connectivity index (χ1v) is 8.28. The molecule has 2 aromatic carbocycles. The Bertz CT molecular complexity index is 720. The van der Waals surface area contributed by atoms with Crippen molar-refractivity contribution in [3.05, 3.63) is 60.2 Å². The van der Waals surface area contributed by atoms with Crippen molar-refractivity contribution in [3.63, 3.8) is 0 Å². The summed E-state index contributed by atoms with van der Waals surface area (Å²) >= 11 is 0. The molecule has 0 unspecified atom stereocenters. The van der Waals surface area contributed by atoms with Gasteiger partial charge in [0.1, 0.15) is 24.6 Å². The minimum atomic E-state index is -0.574. The van der Waals surface area contributed by atoms with Gasteiger partial charge in [-0.15, -0.1) is 0 Å². The van der Waals surface area contributed by atoms with E-state index in [2.05, 4.69) is 5.32 Å². The normalized spacial score (nSPS) is 10.7. The summed E-state index contributed by atoms with van der Waals surface area (Å²) in [4.78, 5) is 23.7. The molecule has 6 heteroatoms. The number of ether oxygens (including phenoxy) is 3. The summed E-state index contributed by atoms with van der Waals surface area (Å²) in [6.07, 6.45) is -0.550. The van der Waals surface area contributed by atoms with Gasteiger partial charge < -0.3 is 14.2 Å². The third-order valence-corrected chi connectivity index (χ3v) is 3.09. The molecule has 0 saturated carbocycles. The number of anilines is 1. The smallest absolute Gasteiger partial charge is 0.412 e. The Labute approximate surface area is 153 Å². The summed E-state index contributed by atoms with van der Waals surface area (Å²) < 4.78 is 15.8. The summed E-state index contributed by atoms with van der Waals surface area (Å²) in [6.45, 7) is 5.77. The van der Waals surface area contributed by atoms with Crippen molar-refractivity contribution in [2.45, 2.75) is 26.4 Å². The average molecular weight is 357 g/mol. The van der Waals surface area contributed by atoms with Crippen molar-refractivity contribution in [1.82, 2.24) is 0 Å². The molecule has 0 aromatic heterocycles. The van der Waals surface area contributed by atoms with Crippen LogP contribution in [0.5, 0.6) is 5.75 Å². The molecule has 138 valence electrons. The Morgan fingerprint density at radius 2 is 1.58 bits per heavy atom. The van der Waals surface area contributed by atoms with E-state index >= 15 is 0 Å². The van der Waals surface area contributed by atoms with Crippen molar-refractivity contribution < 1.29 is 23.8 Å². The molecule has 1 N–H and O–H groups in total. The van der Waals surface area contributed by atoms with Gasteiger partial charge in [0, 0.05) is 5.69 Å². The lowest BCUT2D eigenvalue weighted by Crippen LogP contribution is -2.27. The van der Waals surface area contributed by atoms with Crippen LogP contribution >= 0.6 is 0 Å². The van der Waals surface area contributed by atoms with Crippen LogP contribution in [0.3, 0.4) is 0 Å². The Morgan fingerprint density at radius 1 is 0.923 bits per heavy atom. The number of nitrogens with one attached hydrogen (secondary N) is 1. The maximum atomic E-state index is 12.0. The third-order valence-electron chi connectivity index (χ3n) is 3.09. The van der Waals surface area contributed by atoms with Crippen molar-refractivity contribution in [2.75, 3.05) is 18.5 Å². The summed E-state index contributed by atoms with van der Waals surface area (Å²) in [5.41, 5.74) is 0.345. The highest BCUT2D eigenvalue weighted by Crippen LogP contribution is 2.14. The minimum absolute atomic E-state index is 0.144. The molecular weight excluding hydrogens is 334 g/mol. The maximum absolute atomic E-state index is 12.0. The van der Waals surface area contributed by atoms with Gasteiger partial charge in [0.2, 0.25) is 0 Å². The van der Waals surface area contributed by atoms with Gasteiger partial charge in [-0.2, -0.15) is 0 Å². The van der Waals surface area contributed by atoms with E-state index < -0.39 is 17.7 Å². The number of benzene rings is 2. The molecule has 6 nitrogen and oxygen atoms in total. The first kappa shape index (κ1) is 19.3. The largest absolute Gasteiger partial charge is 0.490 e. The SMILES string of the molecule is CC(C)(C)OC(=O)Nc1ccc(C(=O)OCCOc2ccccc2)cc1. The van der Waals surface area contributed by atoms with E-state index in [0.29, 0.717) is 11.3 Å². The highest BCUT2D eigenvalue weighted by molar-refractivity contribution is 5.91. The van der Waals surface area contributed by atoms with Crippen LogP contribution in [0.2, 0.25) is 0 Å². The molecule has 0 aliphatic heterocycles. The van der Waals surface area contributed by atoms with Gasteiger partial charge in [-0.05, 0) is 57.2 Å². The highest BCUT2D eigenvalue weighted by atomic mass is 16.6. The molecule has 2 rings (SSSR count). The fraction of sp³-hybridized carbons (Fsp3) is 0.300. The summed E-state index contributed by atoms with van der Waals surface area (Å²) in [5.74, 6) is 0.270. The van der Waals surface area contributed by atoms with Crippen LogP contribution < -0.4 is 10.1 Å². The number of esters is 1. The van der Waals surface area contributed by atoms with Crippen LogP contribution in [0.1, 0.15) is 31.1 Å². The van der Waals surface area contributed by atoms with Gasteiger partial charge in [-0.1, -0.05) is 18.2 Å². The topological polar surface area (TPSA) is 73.9 Å². The molecule has 0 fully saturated rings. The maximum Gasteiger partial charge on any atom is 0.412 e. The lowest BCUT2D eigenvalue weighted by atomic mass is 10.2. The quantitative estimate of drug-likeness (QED) is 0.617. The second-order valence-electron chi connectivity index (χ2n) is 6.50.